The van der Waals surface area contributed by atoms with E-state index in [4.69, 9.17) is 28.0 Å². The molecule has 23 heavy (non-hydrogen) atoms. The molecule has 0 spiro atoms. The lowest BCUT2D eigenvalue weighted by Gasteiger charge is -2.17. The molecule has 0 radical (unpaired) electrons. The molecule has 0 unspecified atom stereocenters. The lowest BCUT2D eigenvalue weighted by Crippen LogP contribution is -2.22. The van der Waals surface area contributed by atoms with E-state index in [1.54, 1.807) is 0 Å². The third-order valence-corrected chi connectivity index (χ3v) is 6.65. The predicted octanol–water partition coefficient (Wildman–Crippen LogP) is 4.77. The fourth-order valence-corrected chi connectivity index (χ4v) is 5.19. The summed E-state index contributed by atoms with van der Waals surface area (Å²) in [6.07, 6.45) is 0. The van der Waals surface area contributed by atoms with Gasteiger partial charge in [0.05, 0.1) is 14.0 Å². The molecule has 2 aliphatic heterocycles. The van der Waals surface area contributed by atoms with Crippen molar-refractivity contribution in [2.75, 3.05) is 0 Å². The highest BCUT2D eigenvalue weighted by atomic mass is 35.5. The van der Waals surface area contributed by atoms with Crippen LogP contribution in [-0.4, -0.2) is 21.9 Å². The number of aromatic hydroxyl groups is 2. The van der Waals surface area contributed by atoms with Crippen molar-refractivity contribution in [2.45, 2.75) is 30.6 Å². The van der Waals surface area contributed by atoms with Crippen molar-refractivity contribution < 1.29 is 19.8 Å². The minimum atomic E-state index is -0.561. The number of phenolic OH excluding ortho intramolecular Hbond substituents is 2. The van der Waals surface area contributed by atoms with Gasteiger partial charge < -0.3 is 15.1 Å². The Morgan fingerprint density at radius 3 is 1.96 bits per heavy atom. The van der Waals surface area contributed by atoms with Crippen molar-refractivity contribution in [3.05, 3.63) is 19.9 Å². The molecule has 9 heteroatoms. The molecule has 1 aromatic carbocycles. The Hall–Kier alpha value is -1.02. The van der Waals surface area contributed by atoms with Crippen LogP contribution in [0.2, 0.25) is 10.0 Å². The number of phenols is 2. The number of rotatable bonds is 0. The molecule has 5 nitrogen and oxygen atoms in total. The zero-order valence-corrected chi connectivity index (χ0v) is 15.4. The standard InChI is InChI=1S/C14H11Cl2NO4S2/c1-14(2,3)11-4(12(20)21-17-11)13-22-9-7(18)5(15)6(16)8(19)10(9)23-13/h18-19H,1-3H3. The normalized spacial score (nSPS) is 17.4. The van der Waals surface area contributed by atoms with Gasteiger partial charge in [-0.05, 0) is 0 Å². The fourth-order valence-electron chi connectivity index (χ4n) is 2.09. The molecule has 0 fully saturated rings. The maximum atomic E-state index is 12.1. The quantitative estimate of drug-likeness (QED) is 0.376. The zero-order chi connectivity index (χ0) is 17.1. The molecule has 0 bridgehead atoms. The Bertz CT molecular complexity index is 773. The molecule has 2 N–H and O–H groups in total. The van der Waals surface area contributed by atoms with Crippen molar-refractivity contribution in [1.82, 2.24) is 0 Å². The highest BCUT2D eigenvalue weighted by molar-refractivity contribution is 8.25. The van der Waals surface area contributed by atoms with Crippen LogP contribution in [0.1, 0.15) is 20.8 Å². The van der Waals surface area contributed by atoms with Crippen LogP contribution in [0.5, 0.6) is 11.5 Å². The number of benzene rings is 1. The number of carbonyl (C=O) groups excluding carboxylic acids is 1. The Morgan fingerprint density at radius 2 is 1.52 bits per heavy atom. The van der Waals surface area contributed by atoms with E-state index in [1.165, 1.54) is 0 Å². The van der Waals surface area contributed by atoms with E-state index in [0.29, 0.717) is 25.3 Å². The van der Waals surface area contributed by atoms with E-state index < -0.39 is 11.4 Å². The SMILES string of the molecule is CC(C)(C)C1=NOC(=O)C1=C1Sc2c(O)c(Cl)c(Cl)c(O)c2S1. The predicted molar refractivity (Wildman–Crippen MR) is 91.5 cm³/mol. The minimum absolute atomic E-state index is 0.124. The fraction of sp³-hybridized carbons (Fsp3) is 0.286. The molecular formula is C14H11Cl2NO4S2. The van der Waals surface area contributed by atoms with Gasteiger partial charge in [0.15, 0.2) is 11.5 Å². The molecular weight excluding hydrogens is 381 g/mol. The average Bonchev–Trinajstić information content (AvgIpc) is 3.05. The van der Waals surface area contributed by atoms with Crippen molar-refractivity contribution in [3.63, 3.8) is 0 Å². The van der Waals surface area contributed by atoms with Crippen LogP contribution in [0.3, 0.4) is 0 Å². The van der Waals surface area contributed by atoms with E-state index >= 15 is 0 Å². The average molecular weight is 392 g/mol. The van der Waals surface area contributed by atoms with Crippen LogP contribution in [0.15, 0.2) is 24.8 Å². The first-order valence-electron chi connectivity index (χ1n) is 6.46. The summed E-state index contributed by atoms with van der Waals surface area (Å²) in [6, 6.07) is 0. The van der Waals surface area contributed by atoms with Gasteiger partial charge in [0.25, 0.3) is 0 Å². The Balaban J connectivity index is 2.15. The molecule has 122 valence electrons. The summed E-state index contributed by atoms with van der Waals surface area (Å²) < 4.78 is 0.556. The zero-order valence-electron chi connectivity index (χ0n) is 12.2. The van der Waals surface area contributed by atoms with Crippen LogP contribution in [0.25, 0.3) is 0 Å². The second kappa shape index (κ2) is 5.51. The summed E-state index contributed by atoms with van der Waals surface area (Å²) >= 11 is 14.1. The highest BCUT2D eigenvalue weighted by Gasteiger charge is 2.40. The third kappa shape index (κ3) is 2.59. The summed E-state index contributed by atoms with van der Waals surface area (Å²) in [5, 5.41) is 23.9. The molecule has 1 aromatic rings. The van der Waals surface area contributed by atoms with Gasteiger partial charge in [0.1, 0.15) is 21.3 Å². The van der Waals surface area contributed by atoms with Crippen LogP contribution in [-0.2, 0) is 9.63 Å². The summed E-state index contributed by atoms with van der Waals surface area (Å²) in [6.45, 7) is 5.73. The molecule has 3 rings (SSSR count). The molecule has 0 aromatic heterocycles. The first kappa shape index (κ1) is 16.8. The third-order valence-electron chi connectivity index (χ3n) is 3.21. The number of oxime groups is 1. The van der Waals surface area contributed by atoms with Gasteiger partial charge in [-0.15, -0.1) is 0 Å². The Morgan fingerprint density at radius 1 is 1.04 bits per heavy atom. The van der Waals surface area contributed by atoms with Crippen molar-refractivity contribution >= 4 is 58.4 Å². The van der Waals surface area contributed by atoms with E-state index in [9.17, 15) is 15.0 Å². The van der Waals surface area contributed by atoms with Crippen LogP contribution >= 0.6 is 46.7 Å². The largest absolute Gasteiger partial charge is 0.505 e. The number of nitrogens with zero attached hydrogens (tertiary/aromatic N) is 1. The van der Waals surface area contributed by atoms with Gasteiger partial charge in [0.2, 0.25) is 0 Å². The second-order valence-electron chi connectivity index (χ2n) is 5.92. The van der Waals surface area contributed by atoms with Gasteiger partial charge >= 0.3 is 5.97 Å². The number of carbonyl (C=O) groups is 1. The molecule has 0 amide bonds. The molecule has 0 saturated carbocycles. The van der Waals surface area contributed by atoms with Crippen molar-refractivity contribution in [1.29, 1.82) is 0 Å². The van der Waals surface area contributed by atoms with E-state index in [1.807, 2.05) is 20.8 Å². The Labute approximate surface area is 150 Å². The van der Waals surface area contributed by atoms with Gasteiger partial charge in [-0.3, -0.25) is 0 Å². The van der Waals surface area contributed by atoms with Crippen LogP contribution in [0, 0.1) is 5.41 Å². The highest BCUT2D eigenvalue weighted by Crippen LogP contribution is 2.62. The maximum absolute atomic E-state index is 12.1. The minimum Gasteiger partial charge on any atom is -0.505 e. The molecule has 2 aliphatic rings. The number of fused-ring (bicyclic) bond motifs is 1. The summed E-state index contributed by atoms with van der Waals surface area (Å²) in [7, 11) is 0. The number of hydrogen-bond donors (Lipinski definition) is 2. The molecule has 0 saturated heterocycles. The number of halogens is 2. The van der Waals surface area contributed by atoms with E-state index in [0.717, 1.165) is 23.5 Å². The lowest BCUT2D eigenvalue weighted by molar-refractivity contribution is -0.136. The van der Waals surface area contributed by atoms with Gasteiger partial charge in [-0.1, -0.05) is 72.7 Å². The van der Waals surface area contributed by atoms with Crippen molar-refractivity contribution in [2.24, 2.45) is 10.6 Å². The van der Waals surface area contributed by atoms with Crippen molar-refractivity contribution in [3.8, 4) is 11.5 Å². The number of thioether (sulfide) groups is 2. The smallest absolute Gasteiger partial charge is 0.369 e. The van der Waals surface area contributed by atoms with Crippen LogP contribution in [0.4, 0.5) is 0 Å². The van der Waals surface area contributed by atoms with E-state index in [2.05, 4.69) is 5.16 Å². The van der Waals surface area contributed by atoms with Gasteiger partial charge in [-0.25, -0.2) is 4.79 Å². The summed E-state index contributed by atoms with van der Waals surface area (Å²) in [4.78, 5) is 17.6. The Kier molecular flexibility index (Phi) is 4.03. The van der Waals surface area contributed by atoms with E-state index in [-0.39, 0.29) is 21.5 Å². The first-order valence-corrected chi connectivity index (χ1v) is 8.85. The maximum Gasteiger partial charge on any atom is 0.369 e. The topological polar surface area (TPSA) is 79.1 Å². The van der Waals surface area contributed by atoms with Gasteiger partial charge in [-0.2, -0.15) is 0 Å². The summed E-state index contributed by atoms with van der Waals surface area (Å²) in [5.41, 5.74) is 0.445. The second-order valence-corrected chi connectivity index (χ2v) is 8.97. The first-order chi connectivity index (χ1) is 10.6. The number of hydrogen-bond acceptors (Lipinski definition) is 7. The van der Waals surface area contributed by atoms with Crippen LogP contribution < -0.4 is 0 Å². The molecule has 0 atom stereocenters. The van der Waals surface area contributed by atoms with Gasteiger partial charge in [0, 0.05) is 5.41 Å². The molecule has 0 aliphatic carbocycles. The molecule has 2 heterocycles. The monoisotopic (exact) mass is 391 g/mol. The lowest BCUT2D eigenvalue weighted by atomic mass is 9.86. The summed E-state index contributed by atoms with van der Waals surface area (Å²) in [5.74, 6) is -1.01.